The summed E-state index contributed by atoms with van der Waals surface area (Å²) in [7, 11) is 2.25. The van der Waals surface area contributed by atoms with Crippen molar-refractivity contribution >= 4 is 17.4 Å². The van der Waals surface area contributed by atoms with Crippen LogP contribution in [0.2, 0.25) is 0 Å². The van der Waals surface area contributed by atoms with Gasteiger partial charge in [0, 0.05) is 68.3 Å². The molecule has 186 valence electrons. The van der Waals surface area contributed by atoms with Gasteiger partial charge in [0.15, 0.2) is 0 Å². The molecule has 3 fully saturated rings. The highest BCUT2D eigenvalue weighted by atomic mass is 16.2. The number of anilines is 2. The molecule has 3 saturated heterocycles. The molecule has 2 atom stereocenters. The third-order valence-electron chi connectivity index (χ3n) is 8.74. The van der Waals surface area contributed by atoms with Gasteiger partial charge in [0.05, 0.1) is 5.69 Å². The van der Waals surface area contributed by atoms with Crippen LogP contribution in [0.15, 0.2) is 30.3 Å². The number of amides is 1. The van der Waals surface area contributed by atoms with E-state index in [0.29, 0.717) is 12.5 Å². The average Bonchev–Trinajstić information content (AvgIpc) is 3.45. The highest BCUT2D eigenvalue weighted by Gasteiger charge is 2.46. The second-order valence-electron chi connectivity index (χ2n) is 11.1. The number of aromatic nitrogens is 2. The summed E-state index contributed by atoms with van der Waals surface area (Å²) in [6.07, 6.45) is 8.15. The quantitative estimate of drug-likeness (QED) is 0.719. The van der Waals surface area contributed by atoms with Crippen LogP contribution in [-0.4, -0.2) is 73.1 Å². The number of piperazine rings is 1. The van der Waals surface area contributed by atoms with Crippen LogP contribution in [0.5, 0.6) is 0 Å². The Labute approximate surface area is 208 Å². The second-order valence-corrected chi connectivity index (χ2v) is 11.1. The summed E-state index contributed by atoms with van der Waals surface area (Å²) < 4.78 is 0. The van der Waals surface area contributed by atoms with Crippen molar-refractivity contribution in [2.24, 2.45) is 5.41 Å². The predicted octanol–water partition coefficient (Wildman–Crippen LogP) is 2.83. The number of nitrogens with one attached hydrogen (secondary N) is 1. The lowest BCUT2D eigenvalue weighted by Gasteiger charge is -2.37. The van der Waals surface area contributed by atoms with Crippen LogP contribution >= 0.6 is 0 Å². The summed E-state index contributed by atoms with van der Waals surface area (Å²) in [6.45, 7) is 6.01. The molecule has 1 aliphatic carbocycles. The van der Waals surface area contributed by atoms with Crippen LogP contribution in [0.25, 0.3) is 0 Å². The second kappa shape index (κ2) is 9.51. The minimum absolute atomic E-state index is 0.0159. The third kappa shape index (κ3) is 4.56. The van der Waals surface area contributed by atoms with Crippen molar-refractivity contribution in [3.8, 4) is 0 Å². The Balaban J connectivity index is 1.28. The highest BCUT2D eigenvalue weighted by molar-refractivity contribution is 5.96. The first-order chi connectivity index (χ1) is 17.1. The van der Waals surface area contributed by atoms with E-state index in [2.05, 4.69) is 34.3 Å². The van der Waals surface area contributed by atoms with Crippen LogP contribution in [0, 0.1) is 5.41 Å². The van der Waals surface area contributed by atoms with Gasteiger partial charge in [-0.2, -0.15) is 0 Å². The van der Waals surface area contributed by atoms with Gasteiger partial charge in [-0.3, -0.25) is 4.79 Å². The van der Waals surface area contributed by atoms with Gasteiger partial charge >= 0.3 is 0 Å². The molecule has 1 spiro atoms. The fourth-order valence-corrected chi connectivity index (χ4v) is 6.72. The van der Waals surface area contributed by atoms with Crippen LogP contribution in [0.3, 0.4) is 0 Å². The predicted molar refractivity (Wildman–Crippen MR) is 139 cm³/mol. The molecule has 3 aliphatic heterocycles. The van der Waals surface area contributed by atoms with E-state index in [4.69, 9.17) is 9.97 Å². The van der Waals surface area contributed by atoms with Gasteiger partial charge in [0.2, 0.25) is 5.91 Å². The molecule has 7 heteroatoms. The number of aryl methyl sites for hydroxylation is 1. The molecule has 1 amide bonds. The molecule has 1 aromatic heterocycles. The Morgan fingerprint density at radius 2 is 1.91 bits per heavy atom. The lowest BCUT2D eigenvalue weighted by atomic mass is 9.72. The van der Waals surface area contributed by atoms with Crippen molar-refractivity contribution in [3.05, 3.63) is 47.4 Å². The van der Waals surface area contributed by atoms with Crippen LogP contribution in [0.4, 0.5) is 11.5 Å². The van der Waals surface area contributed by atoms with Gasteiger partial charge in [-0.25, -0.2) is 9.97 Å². The Hall–Kier alpha value is -2.51. The van der Waals surface area contributed by atoms with Crippen molar-refractivity contribution in [1.82, 2.24) is 20.2 Å². The third-order valence-corrected chi connectivity index (χ3v) is 8.74. The van der Waals surface area contributed by atoms with Gasteiger partial charge in [-0.05, 0) is 64.3 Å². The molecule has 0 radical (unpaired) electrons. The van der Waals surface area contributed by atoms with E-state index in [1.165, 1.54) is 36.5 Å². The molecule has 4 aliphatic rings. The first-order valence-corrected chi connectivity index (χ1v) is 13.5. The van der Waals surface area contributed by atoms with E-state index in [9.17, 15) is 4.79 Å². The maximum absolute atomic E-state index is 13.1. The number of hydrogen-bond donors (Lipinski definition) is 1. The lowest BCUT2D eigenvalue weighted by Crippen LogP contribution is -2.45. The average molecular weight is 475 g/mol. The monoisotopic (exact) mass is 474 g/mol. The van der Waals surface area contributed by atoms with Crippen LogP contribution < -0.4 is 15.1 Å². The standard InChI is InChI=1S/C28H38N6O/c1-32-15-5-8-21(32)9-10-25-30-24-18-28(19-26(35)34(20-28)22-6-3-2-4-7-22)12-11-23(24)27(31-25)33-16-13-29-14-17-33/h2-4,6-7,21,29H,5,8-20H2,1H3/t21-,28?/m0/s1. The first kappa shape index (κ1) is 22.9. The molecular formula is C28H38N6O. The van der Waals surface area contributed by atoms with Crippen molar-refractivity contribution in [3.63, 3.8) is 0 Å². The Kier molecular flexibility index (Phi) is 6.23. The maximum atomic E-state index is 13.1. The number of fused-ring (bicyclic) bond motifs is 1. The number of hydrogen-bond acceptors (Lipinski definition) is 6. The van der Waals surface area contributed by atoms with E-state index in [-0.39, 0.29) is 11.3 Å². The number of likely N-dealkylation sites (tertiary alicyclic amines) is 1. The summed E-state index contributed by atoms with van der Waals surface area (Å²) in [6, 6.07) is 10.8. The molecule has 1 aromatic carbocycles. The topological polar surface area (TPSA) is 64.6 Å². The Bertz CT molecular complexity index is 1070. The molecule has 6 rings (SSSR count). The van der Waals surface area contributed by atoms with Gasteiger partial charge in [-0.1, -0.05) is 18.2 Å². The van der Waals surface area contributed by atoms with Gasteiger partial charge in [0.25, 0.3) is 0 Å². The van der Waals surface area contributed by atoms with Gasteiger partial charge in [-0.15, -0.1) is 0 Å². The zero-order valence-electron chi connectivity index (χ0n) is 21.0. The summed E-state index contributed by atoms with van der Waals surface area (Å²) in [5.41, 5.74) is 3.55. The zero-order valence-corrected chi connectivity index (χ0v) is 21.0. The van der Waals surface area contributed by atoms with Crippen molar-refractivity contribution in [1.29, 1.82) is 0 Å². The normalized spacial score (nSPS) is 27.1. The number of para-hydroxylation sites is 1. The van der Waals surface area contributed by atoms with E-state index >= 15 is 0 Å². The maximum Gasteiger partial charge on any atom is 0.227 e. The largest absolute Gasteiger partial charge is 0.354 e. The molecule has 7 nitrogen and oxygen atoms in total. The molecule has 2 aromatic rings. The van der Waals surface area contributed by atoms with Gasteiger partial charge < -0.3 is 20.0 Å². The number of benzene rings is 1. The van der Waals surface area contributed by atoms with E-state index in [1.54, 1.807) is 0 Å². The summed E-state index contributed by atoms with van der Waals surface area (Å²) >= 11 is 0. The molecule has 0 bridgehead atoms. The molecule has 0 saturated carbocycles. The molecule has 35 heavy (non-hydrogen) atoms. The minimum Gasteiger partial charge on any atom is -0.354 e. The van der Waals surface area contributed by atoms with E-state index in [0.717, 1.165) is 76.3 Å². The van der Waals surface area contributed by atoms with E-state index < -0.39 is 0 Å². The molecule has 1 unspecified atom stereocenters. The number of rotatable bonds is 5. The van der Waals surface area contributed by atoms with Crippen molar-refractivity contribution in [2.45, 2.75) is 57.4 Å². The fraction of sp³-hybridized carbons (Fsp3) is 0.607. The first-order valence-electron chi connectivity index (χ1n) is 13.5. The number of nitrogens with zero attached hydrogens (tertiary/aromatic N) is 5. The summed E-state index contributed by atoms with van der Waals surface area (Å²) in [5.74, 6) is 2.42. The van der Waals surface area contributed by atoms with Crippen molar-refractivity contribution < 1.29 is 4.79 Å². The number of carbonyl (C=O) groups excluding carboxylic acids is 1. The Morgan fingerprint density at radius 3 is 2.69 bits per heavy atom. The van der Waals surface area contributed by atoms with E-state index in [1.807, 2.05) is 23.1 Å². The van der Waals surface area contributed by atoms with Crippen molar-refractivity contribution in [2.75, 3.05) is 56.1 Å². The Morgan fingerprint density at radius 1 is 1.09 bits per heavy atom. The van der Waals surface area contributed by atoms with Crippen LogP contribution in [-0.2, 0) is 24.1 Å². The fourth-order valence-electron chi connectivity index (χ4n) is 6.72. The SMILES string of the molecule is CN1CCC[C@H]1CCc1nc2c(c(N3CCNCC3)n1)CCC1(CC(=O)N(c3ccccc3)C1)C2. The number of carbonyl (C=O) groups is 1. The zero-order chi connectivity index (χ0) is 23.8. The van der Waals surface area contributed by atoms with Gasteiger partial charge in [0.1, 0.15) is 11.6 Å². The highest BCUT2D eigenvalue weighted by Crippen LogP contribution is 2.45. The summed E-state index contributed by atoms with van der Waals surface area (Å²) in [4.78, 5) is 30.4. The van der Waals surface area contributed by atoms with Crippen LogP contribution in [0.1, 0.15) is 49.2 Å². The summed E-state index contributed by atoms with van der Waals surface area (Å²) in [5, 5.41) is 3.48. The molecule has 4 heterocycles. The smallest absolute Gasteiger partial charge is 0.227 e. The molecule has 1 N–H and O–H groups in total. The molecular weight excluding hydrogens is 436 g/mol. The lowest BCUT2D eigenvalue weighted by molar-refractivity contribution is -0.117. The minimum atomic E-state index is -0.0159.